The molecule has 2 saturated heterocycles. The number of unbranched alkanes of at least 4 members (excludes halogenated alkanes) is 2. The van der Waals surface area contributed by atoms with Gasteiger partial charge in [-0.2, -0.15) is 0 Å². The van der Waals surface area contributed by atoms with Gasteiger partial charge in [0.15, 0.2) is 12.6 Å². The minimum atomic E-state index is -4.64. The SMILES string of the molecule is CCCCCC(=O)O[C@]1(C)C[C@H](O[C@H]2[C@H](N(C)C)[C@@H](O)C(O[C@H]3[C@@H](CC=O)C[C@@H](C)[C@@H](O)/C=C/C=C/C[C@@H](C)OC(=O)C[C@@H](O)[C@@H]3OC)O[C@@H]2C)O[C@@H](C)[C@@H]1O.O=P(O)(O)O. The lowest BCUT2D eigenvalue weighted by Gasteiger charge is -2.50. The van der Waals surface area contributed by atoms with Gasteiger partial charge in [0, 0.05) is 32.8 Å². The van der Waals surface area contributed by atoms with Gasteiger partial charge in [-0.3, -0.25) is 9.59 Å². The molecule has 0 aliphatic carbocycles. The molecule has 0 saturated carbocycles. The van der Waals surface area contributed by atoms with Gasteiger partial charge < -0.3 is 78.0 Å². The molecule has 0 aromatic rings. The van der Waals surface area contributed by atoms with Crippen LogP contribution in [0.3, 0.4) is 0 Å². The van der Waals surface area contributed by atoms with Crippen LogP contribution in [0.1, 0.15) is 99.3 Å². The van der Waals surface area contributed by atoms with Crippen molar-refractivity contribution in [2.75, 3.05) is 21.2 Å². The molecule has 0 spiro atoms. The first-order chi connectivity index (χ1) is 28.5. The van der Waals surface area contributed by atoms with Gasteiger partial charge in [-0.15, -0.1) is 0 Å². The first kappa shape index (κ1) is 54.9. The highest BCUT2D eigenvalue weighted by Crippen LogP contribution is 2.38. The van der Waals surface area contributed by atoms with Crippen molar-refractivity contribution in [2.45, 2.75) is 185 Å². The second kappa shape index (κ2) is 25.9. The van der Waals surface area contributed by atoms with Gasteiger partial charge in [-0.05, 0) is 66.5 Å². The topological polar surface area (TPSA) is 278 Å². The molecule has 61 heavy (non-hydrogen) atoms. The number of methoxy groups -OCH3 is 1. The lowest BCUT2D eigenvalue weighted by atomic mass is 9.82. The Bertz CT molecular complexity index is 1440. The maximum absolute atomic E-state index is 12.9. The van der Waals surface area contributed by atoms with E-state index in [1.807, 2.05) is 19.9 Å². The number of likely N-dealkylation sites (N-methyl/N-ethyl adjacent to an activating group) is 1. The number of carbonyl (C=O) groups is 3. The molecule has 3 heterocycles. The lowest BCUT2D eigenvalue weighted by Crippen LogP contribution is -2.66. The summed E-state index contributed by atoms with van der Waals surface area (Å²) in [6, 6.07) is -0.755. The Hall–Kier alpha value is -2.20. The van der Waals surface area contributed by atoms with Crippen molar-refractivity contribution in [3.05, 3.63) is 24.3 Å². The van der Waals surface area contributed by atoms with Crippen LogP contribution < -0.4 is 0 Å². The maximum Gasteiger partial charge on any atom is 0.466 e. The highest BCUT2D eigenvalue weighted by atomic mass is 31.2. The first-order valence-corrected chi connectivity index (χ1v) is 22.5. The van der Waals surface area contributed by atoms with Gasteiger partial charge in [0.1, 0.15) is 42.4 Å². The van der Waals surface area contributed by atoms with Crippen LogP contribution in [0.25, 0.3) is 0 Å². The smallest absolute Gasteiger partial charge is 0.462 e. The summed E-state index contributed by atoms with van der Waals surface area (Å²) in [5, 5.41) is 45.5. The zero-order valence-corrected chi connectivity index (χ0v) is 37.8. The van der Waals surface area contributed by atoms with Crippen molar-refractivity contribution in [1.29, 1.82) is 0 Å². The van der Waals surface area contributed by atoms with Crippen LogP contribution in [0, 0.1) is 11.8 Å². The molecule has 3 aliphatic heterocycles. The monoisotopic (exact) mass is 897 g/mol. The zero-order valence-electron chi connectivity index (χ0n) is 36.9. The standard InChI is InChI=1S/C41H69NO14.H3O4P/c1-10-11-13-18-31(46)56-41(6)23-33(52-27(5)39(41)49)54-36-26(4)53-40(35(48)34(36)42(7)8)55-37-28(19-20-43)21-24(2)29(44)17-15-12-14-16-25(3)51-32(47)22-30(45)38(37)50-9;1-5(2,3)4/h12,14-15,17,20,24-30,33-40,44-45,48-49H,10-11,13,16,18-19,21-23H2,1-9H3;(H3,1,2,3,4)/b14-12+,17-15+;/t24-,25-,26-,27+,28+,29+,30-,33+,34-,35-,36-,37+,38+,39+,40?,41-;/m1./s1. The summed E-state index contributed by atoms with van der Waals surface area (Å²) in [5.41, 5.74) is -1.29. The third-order valence-electron chi connectivity index (χ3n) is 11.1. The van der Waals surface area contributed by atoms with E-state index < -0.39 is 117 Å². The van der Waals surface area contributed by atoms with Crippen molar-refractivity contribution in [2.24, 2.45) is 11.8 Å². The fourth-order valence-electron chi connectivity index (χ4n) is 7.95. The Labute approximate surface area is 359 Å². The average Bonchev–Trinajstić information content (AvgIpc) is 3.14. The van der Waals surface area contributed by atoms with Crippen molar-refractivity contribution < 1.29 is 87.2 Å². The minimum Gasteiger partial charge on any atom is -0.462 e. The van der Waals surface area contributed by atoms with Crippen molar-refractivity contribution >= 4 is 26.0 Å². The van der Waals surface area contributed by atoms with Crippen LogP contribution in [0.4, 0.5) is 0 Å². The number of nitrogens with zero attached hydrogens (tertiary/aromatic N) is 1. The number of hydrogen-bond donors (Lipinski definition) is 7. The van der Waals surface area contributed by atoms with Crippen LogP contribution in [-0.2, 0) is 52.1 Å². The van der Waals surface area contributed by atoms with E-state index in [0.717, 1.165) is 19.1 Å². The summed E-state index contributed by atoms with van der Waals surface area (Å²) < 4.78 is 51.5. The van der Waals surface area contributed by atoms with E-state index in [1.54, 1.807) is 64.9 Å². The molecule has 0 aromatic carbocycles. The van der Waals surface area contributed by atoms with Crippen LogP contribution >= 0.6 is 7.82 Å². The zero-order chi connectivity index (χ0) is 46.2. The minimum absolute atomic E-state index is 0.0248. The number of hydrogen-bond acceptors (Lipinski definition) is 16. The molecule has 19 nitrogen and oxygen atoms in total. The van der Waals surface area contributed by atoms with E-state index >= 15 is 0 Å². The predicted octanol–water partition coefficient (Wildman–Crippen LogP) is 2.05. The number of esters is 2. The molecular formula is C41H72NO18P. The number of aliphatic hydroxyl groups excluding tert-OH is 4. The summed E-state index contributed by atoms with van der Waals surface area (Å²) in [5.74, 6) is -2.10. The Kier molecular flexibility index (Phi) is 23.4. The van der Waals surface area contributed by atoms with E-state index in [-0.39, 0.29) is 31.6 Å². The van der Waals surface area contributed by atoms with E-state index in [4.69, 9.17) is 52.4 Å². The Balaban J connectivity index is 0.00000241. The number of rotatable bonds is 13. The van der Waals surface area contributed by atoms with Crippen LogP contribution in [0.15, 0.2) is 24.3 Å². The number of aliphatic hydroxyl groups is 4. The first-order valence-electron chi connectivity index (χ1n) is 21.0. The van der Waals surface area contributed by atoms with Crippen molar-refractivity contribution in [3.8, 4) is 0 Å². The Morgan fingerprint density at radius 1 is 0.984 bits per heavy atom. The van der Waals surface area contributed by atoms with Gasteiger partial charge in [0.05, 0.1) is 43.0 Å². The summed E-state index contributed by atoms with van der Waals surface area (Å²) in [7, 11) is 0.237. The predicted molar refractivity (Wildman–Crippen MR) is 219 cm³/mol. The van der Waals surface area contributed by atoms with E-state index in [1.165, 1.54) is 7.11 Å². The number of phosphoric acid groups is 1. The molecule has 20 heteroatoms. The molecule has 0 bridgehead atoms. The highest BCUT2D eigenvalue weighted by molar-refractivity contribution is 7.45. The normalized spacial score (nSPS) is 39.3. The van der Waals surface area contributed by atoms with Gasteiger partial charge in [0.2, 0.25) is 0 Å². The third kappa shape index (κ3) is 18.1. The molecule has 0 aromatic heterocycles. The summed E-state index contributed by atoms with van der Waals surface area (Å²) in [6.07, 6.45) is -1.53. The Morgan fingerprint density at radius 3 is 2.23 bits per heavy atom. The molecule has 3 aliphatic rings. The Morgan fingerprint density at radius 2 is 1.64 bits per heavy atom. The van der Waals surface area contributed by atoms with E-state index in [2.05, 4.69) is 0 Å². The third-order valence-corrected chi connectivity index (χ3v) is 11.1. The molecule has 7 N–H and O–H groups in total. The van der Waals surface area contributed by atoms with E-state index in [9.17, 15) is 34.8 Å². The molecule has 3 rings (SSSR count). The molecule has 16 atom stereocenters. The number of ether oxygens (including phenoxy) is 7. The number of carbonyl (C=O) groups excluding carboxylic acids is 3. The summed E-state index contributed by atoms with van der Waals surface area (Å²) in [4.78, 5) is 61.1. The van der Waals surface area contributed by atoms with Crippen LogP contribution in [-0.4, -0.2) is 165 Å². The number of cyclic esters (lactones) is 1. The van der Waals surface area contributed by atoms with E-state index in [0.29, 0.717) is 12.8 Å². The van der Waals surface area contributed by atoms with Crippen molar-refractivity contribution in [1.82, 2.24) is 4.90 Å². The van der Waals surface area contributed by atoms with Crippen LogP contribution in [0.2, 0.25) is 0 Å². The summed E-state index contributed by atoms with van der Waals surface area (Å²) in [6.45, 7) is 10.7. The largest absolute Gasteiger partial charge is 0.466 e. The maximum atomic E-state index is 12.9. The van der Waals surface area contributed by atoms with Crippen LogP contribution in [0.5, 0.6) is 0 Å². The molecule has 0 radical (unpaired) electrons. The van der Waals surface area contributed by atoms with Gasteiger partial charge in [-0.1, -0.05) is 51.0 Å². The van der Waals surface area contributed by atoms with Gasteiger partial charge in [0.25, 0.3) is 0 Å². The second-order valence-electron chi connectivity index (χ2n) is 16.7. The van der Waals surface area contributed by atoms with Gasteiger partial charge in [-0.25, -0.2) is 4.57 Å². The fourth-order valence-corrected chi connectivity index (χ4v) is 7.95. The number of allylic oxidation sites excluding steroid dienone is 2. The average molecular weight is 898 g/mol. The molecular weight excluding hydrogens is 825 g/mol. The fraction of sp³-hybridized carbons (Fsp3) is 0.829. The van der Waals surface area contributed by atoms with Gasteiger partial charge >= 0.3 is 19.8 Å². The molecule has 1 unspecified atom stereocenters. The summed E-state index contributed by atoms with van der Waals surface area (Å²) >= 11 is 0. The molecule has 2 fully saturated rings. The number of aldehydes is 1. The molecule has 0 amide bonds. The highest BCUT2D eigenvalue weighted by Gasteiger charge is 2.53. The quantitative estimate of drug-likeness (QED) is 0.0603. The van der Waals surface area contributed by atoms with Crippen molar-refractivity contribution in [3.63, 3.8) is 0 Å². The molecule has 354 valence electrons. The second-order valence-corrected chi connectivity index (χ2v) is 17.7. The lowest BCUT2D eigenvalue weighted by molar-refractivity contribution is -0.344.